The first-order chi connectivity index (χ1) is 11.3. The molecule has 1 N–H and O–H groups in total. The van der Waals surface area contributed by atoms with Crippen LogP contribution in [0.25, 0.3) is 0 Å². The van der Waals surface area contributed by atoms with Crippen molar-refractivity contribution in [2.75, 3.05) is 4.90 Å². The third-order valence-electron chi connectivity index (χ3n) is 3.79. The number of aryl methyl sites for hydroxylation is 1. The van der Waals surface area contributed by atoms with E-state index in [0.29, 0.717) is 5.56 Å². The highest BCUT2D eigenvalue weighted by atomic mass is 16.6. The van der Waals surface area contributed by atoms with Crippen molar-refractivity contribution < 1.29 is 24.4 Å². The van der Waals surface area contributed by atoms with Crippen molar-refractivity contribution in [1.82, 2.24) is 0 Å². The Hall–Kier alpha value is -3.55. The highest BCUT2D eigenvalue weighted by molar-refractivity contribution is 6.36. The smallest absolute Gasteiger partial charge is 0.335 e. The van der Waals surface area contributed by atoms with E-state index in [-0.39, 0.29) is 22.4 Å². The Morgan fingerprint density at radius 3 is 2.50 bits per heavy atom. The van der Waals surface area contributed by atoms with Gasteiger partial charge in [-0.1, -0.05) is 12.1 Å². The summed E-state index contributed by atoms with van der Waals surface area (Å²) in [6.45, 7) is 1.61. The van der Waals surface area contributed by atoms with Crippen molar-refractivity contribution in [1.29, 1.82) is 0 Å². The number of fused-ring (bicyclic) bond motifs is 1. The summed E-state index contributed by atoms with van der Waals surface area (Å²) < 4.78 is 0. The molecular weight excluding hydrogens is 316 g/mol. The van der Waals surface area contributed by atoms with Crippen LogP contribution in [0.1, 0.15) is 36.6 Å². The predicted octanol–water partition coefficient (Wildman–Crippen LogP) is 2.40. The van der Waals surface area contributed by atoms with Gasteiger partial charge in [-0.05, 0) is 30.7 Å². The molecule has 2 aromatic rings. The van der Waals surface area contributed by atoms with Crippen molar-refractivity contribution in [2.45, 2.75) is 6.92 Å². The number of nitro groups is 1. The number of amides is 2. The van der Waals surface area contributed by atoms with E-state index in [4.69, 9.17) is 5.11 Å². The van der Waals surface area contributed by atoms with Crippen LogP contribution in [0.2, 0.25) is 0 Å². The number of benzene rings is 2. The molecule has 0 aromatic heterocycles. The lowest BCUT2D eigenvalue weighted by atomic mass is 10.1. The summed E-state index contributed by atoms with van der Waals surface area (Å²) in [6, 6.07) is 7.82. The lowest BCUT2D eigenvalue weighted by Crippen LogP contribution is -2.30. The molecule has 0 saturated heterocycles. The standard InChI is InChI=1S/C16H10N2O6/c1-8-5-6-9(16(21)22)7-12(8)17-14(19)10-3-2-4-11(18(23)24)13(10)15(17)20/h2-7H,1H3,(H,21,22). The minimum atomic E-state index is -1.21. The molecule has 24 heavy (non-hydrogen) atoms. The quantitative estimate of drug-likeness (QED) is 0.525. The van der Waals surface area contributed by atoms with E-state index in [1.807, 2.05) is 0 Å². The van der Waals surface area contributed by atoms with E-state index in [1.54, 1.807) is 6.92 Å². The van der Waals surface area contributed by atoms with Crippen molar-refractivity contribution in [3.8, 4) is 0 Å². The van der Waals surface area contributed by atoms with Gasteiger partial charge in [0.2, 0.25) is 0 Å². The molecular formula is C16H10N2O6. The zero-order chi connectivity index (χ0) is 17.6. The van der Waals surface area contributed by atoms with E-state index in [0.717, 1.165) is 11.0 Å². The van der Waals surface area contributed by atoms with Crippen molar-refractivity contribution in [2.24, 2.45) is 0 Å². The summed E-state index contributed by atoms with van der Waals surface area (Å²) in [5, 5.41) is 20.2. The number of imide groups is 1. The topological polar surface area (TPSA) is 118 Å². The van der Waals surface area contributed by atoms with E-state index < -0.39 is 28.4 Å². The number of hydrogen-bond acceptors (Lipinski definition) is 5. The number of aromatic carboxylic acids is 1. The molecule has 0 atom stereocenters. The molecule has 0 saturated carbocycles. The van der Waals surface area contributed by atoms with Gasteiger partial charge in [-0.15, -0.1) is 0 Å². The molecule has 2 aromatic carbocycles. The maximum absolute atomic E-state index is 12.6. The molecule has 1 aliphatic rings. The summed E-state index contributed by atoms with van der Waals surface area (Å²) in [5.41, 5.74) is -0.323. The Morgan fingerprint density at radius 2 is 1.88 bits per heavy atom. The first-order valence-electron chi connectivity index (χ1n) is 6.83. The van der Waals surface area contributed by atoms with Gasteiger partial charge in [0.15, 0.2) is 0 Å². The molecule has 0 radical (unpaired) electrons. The first kappa shape index (κ1) is 15.3. The second kappa shape index (κ2) is 5.27. The Labute approximate surface area is 135 Å². The number of carboxylic acids is 1. The van der Waals surface area contributed by atoms with E-state index in [1.165, 1.54) is 30.3 Å². The molecule has 0 unspecified atom stereocenters. The van der Waals surface area contributed by atoms with Gasteiger partial charge in [0.25, 0.3) is 17.5 Å². The molecule has 2 amide bonds. The maximum Gasteiger partial charge on any atom is 0.335 e. The first-order valence-corrected chi connectivity index (χ1v) is 6.83. The predicted molar refractivity (Wildman–Crippen MR) is 82.4 cm³/mol. The number of rotatable bonds is 3. The fourth-order valence-electron chi connectivity index (χ4n) is 2.62. The van der Waals surface area contributed by atoms with Crippen LogP contribution in [-0.4, -0.2) is 27.8 Å². The van der Waals surface area contributed by atoms with Gasteiger partial charge in [-0.3, -0.25) is 19.7 Å². The summed E-state index contributed by atoms with van der Waals surface area (Å²) in [6.07, 6.45) is 0. The monoisotopic (exact) mass is 326 g/mol. The molecule has 8 nitrogen and oxygen atoms in total. The molecule has 0 spiro atoms. The van der Waals surface area contributed by atoms with Gasteiger partial charge in [0, 0.05) is 6.07 Å². The van der Waals surface area contributed by atoms with Crippen LogP contribution in [0.4, 0.5) is 11.4 Å². The number of carboxylic acid groups (broad SMARTS) is 1. The minimum absolute atomic E-state index is 0.0747. The summed E-state index contributed by atoms with van der Waals surface area (Å²) in [4.78, 5) is 47.5. The number of anilines is 1. The van der Waals surface area contributed by atoms with Crippen molar-refractivity contribution in [3.05, 3.63) is 68.8 Å². The molecule has 1 heterocycles. The third kappa shape index (κ3) is 2.12. The van der Waals surface area contributed by atoms with Crippen LogP contribution in [0.5, 0.6) is 0 Å². The zero-order valence-corrected chi connectivity index (χ0v) is 12.3. The fraction of sp³-hybridized carbons (Fsp3) is 0.0625. The maximum atomic E-state index is 12.6. The minimum Gasteiger partial charge on any atom is -0.478 e. The lowest BCUT2D eigenvalue weighted by molar-refractivity contribution is -0.385. The Kier molecular flexibility index (Phi) is 3.37. The van der Waals surface area contributed by atoms with Gasteiger partial charge in [-0.25, -0.2) is 9.69 Å². The van der Waals surface area contributed by atoms with Crippen molar-refractivity contribution in [3.63, 3.8) is 0 Å². The summed E-state index contributed by atoms with van der Waals surface area (Å²) in [5.74, 6) is -2.77. The Bertz CT molecular complexity index is 934. The number of hydrogen-bond donors (Lipinski definition) is 1. The van der Waals surface area contributed by atoms with Gasteiger partial charge in [0.05, 0.1) is 21.7 Å². The molecule has 0 aliphatic carbocycles. The number of carbonyl (C=O) groups excluding carboxylic acids is 2. The lowest BCUT2D eigenvalue weighted by Gasteiger charge is -2.17. The number of nitro benzene ring substituents is 1. The van der Waals surface area contributed by atoms with Crippen LogP contribution < -0.4 is 4.90 Å². The van der Waals surface area contributed by atoms with Gasteiger partial charge in [-0.2, -0.15) is 0 Å². The fourth-order valence-corrected chi connectivity index (χ4v) is 2.62. The van der Waals surface area contributed by atoms with Gasteiger partial charge >= 0.3 is 5.97 Å². The highest BCUT2D eigenvalue weighted by Crippen LogP contribution is 2.35. The molecule has 120 valence electrons. The average Bonchev–Trinajstić information content (AvgIpc) is 2.79. The second-order valence-corrected chi connectivity index (χ2v) is 5.21. The average molecular weight is 326 g/mol. The summed E-state index contributed by atoms with van der Waals surface area (Å²) in [7, 11) is 0. The normalized spacial score (nSPS) is 13.1. The van der Waals surface area contributed by atoms with Crippen LogP contribution in [0.3, 0.4) is 0 Å². The molecule has 0 bridgehead atoms. The molecule has 3 rings (SSSR count). The van der Waals surface area contributed by atoms with Crippen LogP contribution in [0, 0.1) is 17.0 Å². The van der Waals surface area contributed by atoms with Gasteiger partial charge < -0.3 is 5.11 Å². The van der Waals surface area contributed by atoms with Crippen molar-refractivity contribution >= 4 is 29.2 Å². The second-order valence-electron chi connectivity index (χ2n) is 5.21. The Balaban J connectivity index is 2.19. The Morgan fingerprint density at radius 1 is 1.17 bits per heavy atom. The summed E-state index contributed by atoms with van der Waals surface area (Å²) >= 11 is 0. The zero-order valence-electron chi connectivity index (χ0n) is 12.3. The van der Waals surface area contributed by atoms with Gasteiger partial charge in [0.1, 0.15) is 5.56 Å². The molecule has 1 aliphatic heterocycles. The van der Waals surface area contributed by atoms with E-state index in [2.05, 4.69) is 0 Å². The van der Waals surface area contributed by atoms with Crippen LogP contribution in [0.15, 0.2) is 36.4 Å². The third-order valence-corrected chi connectivity index (χ3v) is 3.79. The molecule has 0 fully saturated rings. The van der Waals surface area contributed by atoms with Crippen LogP contribution >= 0.6 is 0 Å². The SMILES string of the molecule is Cc1ccc(C(=O)O)cc1N1C(=O)c2cccc([N+](=O)[O-])c2C1=O. The number of carbonyl (C=O) groups is 3. The highest BCUT2D eigenvalue weighted by Gasteiger charge is 2.42. The number of nitrogens with zero attached hydrogens (tertiary/aromatic N) is 2. The molecule has 8 heteroatoms. The van der Waals surface area contributed by atoms with E-state index in [9.17, 15) is 24.5 Å². The van der Waals surface area contributed by atoms with E-state index >= 15 is 0 Å². The largest absolute Gasteiger partial charge is 0.478 e. The van der Waals surface area contributed by atoms with Crippen LogP contribution in [-0.2, 0) is 0 Å².